The lowest BCUT2D eigenvalue weighted by atomic mass is 9.77. The van der Waals surface area contributed by atoms with Gasteiger partial charge in [-0.25, -0.2) is 0 Å². The third kappa shape index (κ3) is 3.67. The first-order valence-corrected chi connectivity index (χ1v) is 4.14. The van der Waals surface area contributed by atoms with Crippen molar-refractivity contribution in [3.05, 3.63) is 11.6 Å². The molecule has 12 heavy (non-hydrogen) atoms. The molecule has 0 aromatic heterocycles. The third-order valence-electron chi connectivity index (χ3n) is 1.82. The quantitative estimate of drug-likeness (QED) is 0.603. The molecule has 1 aliphatic rings. The molecule has 1 N–H and O–H groups in total. The van der Waals surface area contributed by atoms with Crippen LogP contribution in [0.25, 0.3) is 0 Å². The van der Waals surface area contributed by atoms with E-state index in [1.165, 1.54) is 5.57 Å². The number of rotatable bonds is 0. The smallest absolute Gasteiger partial charge is 0.156 e. The average molecular weight is 170 g/mol. The van der Waals surface area contributed by atoms with E-state index in [1.807, 2.05) is 6.92 Å². The first-order chi connectivity index (χ1) is 5.49. The predicted octanol–water partition coefficient (Wildman–Crippen LogP) is 1.93. The number of aliphatic hydroxyl groups excluding tert-OH is 1. The molecule has 0 heterocycles. The highest BCUT2D eigenvalue weighted by atomic mass is 16.2. The van der Waals surface area contributed by atoms with E-state index in [1.54, 1.807) is 6.08 Å². The Morgan fingerprint density at radius 2 is 1.83 bits per heavy atom. The monoisotopic (exact) mass is 170 g/mol. The minimum absolute atomic E-state index is 0.204. The van der Waals surface area contributed by atoms with E-state index in [-0.39, 0.29) is 11.2 Å². The van der Waals surface area contributed by atoms with Crippen LogP contribution in [0.5, 0.6) is 0 Å². The molecule has 1 rings (SSSR count). The first-order valence-electron chi connectivity index (χ1n) is 4.14. The fourth-order valence-corrected chi connectivity index (χ4v) is 1.67. The maximum atomic E-state index is 11.0. The number of allylic oxidation sites excluding steroid dienone is 2. The second-order valence-electron chi connectivity index (χ2n) is 3.97. The highest BCUT2D eigenvalue weighted by molar-refractivity contribution is 5.91. The van der Waals surface area contributed by atoms with Crippen LogP contribution in [0.1, 0.15) is 33.6 Å². The van der Waals surface area contributed by atoms with Crippen LogP contribution in [-0.2, 0) is 4.79 Å². The van der Waals surface area contributed by atoms with Crippen LogP contribution in [0.4, 0.5) is 0 Å². The highest BCUT2D eigenvalue weighted by Gasteiger charge is 2.25. The molecule has 0 saturated carbocycles. The molecule has 0 aliphatic heterocycles. The Balaban J connectivity index is 0.000000561. The standard InChI is InChI=1S/C9H14O.CH4O/c1-7-4-8(10)6-9(2,3)5-7;1-2/h4H,5-6H2,1-3H3;2H,1H3. The van der Waals surface area contributed by atoms with Gasteiger partial charge in [-0.2, -0.15) is 0 Å². The van der Waals surface area contributed by atoms with Crippen molar-refractivity contribution in [1.29, 1.82) is 0 Å². The van der Waals surface area contributed by atoms with Crippen molar-refractivity contribution in [3.8, 4) is 0 Å². The fraction of sp³-hybridized carbons (Fsp3) is 0.700. The van der Waals surface area contributed by atoms with Gasteiger partial charge in [-0.3, -0.25) is 4.79 Å². The van der Waals surface area contributed by atoms with Crippen molar-refractivity contribution >= 4 is 5.78 Å². The van der Waals surface area contributed by atoms with Crippen LogP contribution in [0.15, 0.2) is 11.6 Å². The SMILES string of the molecule is CC1=CC(=O)CC(C)(C)C1.CO. The van der Waals surface area contributed by atoms with Crippen LogP contribution >= 0.6 is 0 Å². The van der Waals surface area contributed by atoms with Gasteiger partial charge >= 0.3 is 0 Å². The summed E-state index contributed by atoms with van der Waals surface area (Å²) in [6.45, 7) is 6.31. The molecule has 0 saturated heterocycles. The van der Waals surface area contributed by atoms with Gasteiger partial charge in [-0.05, 0) is 24.8 Å². The molecule has 70 valence electrons. The summed E-state index contributed by atoms with van der Waals surface area (Å²) < 4.78 is 0. The molecule has 0 bridgehead atoms. The molecule has 0 aromatic carbocycles. The largest absolute Gasteiger partial charge is 0.400 e. The Morgan fingerprint density at radius 3 is 2.17 bits per heavy atom. The fourth-order valence-electron chi connectivity index (χ4n) is 1.67. The van der Waals surface area contributed by atoms with E-state index >= 15 is 0 Å². The Kier molecular flexibility index (Phi) is 4.18. The lowest BCUT2D eigenvalue weighted by molar-refractivity contribution is -0.117. The summed E-state index contributed by atoms with van der Waals surface area (Å²) in [6, 6.07) is 0. The number of aliphatic hydroxyl groups is 1. The number of carbonyl (C=O) groups is 1. The van der Waals surface area contributed by atoms with Crippen molar-refractivity contribution in [2.24, 2.45) is 5.41 Å². The summed E-state index contributed by atoms with van der Waals surface area (Å²) in [4.78, 5) is 11.0. The van der Waals surface area contributed by atoms with Crippen molar-refractivity contribution in [2.75, 3.05) is 7.11 Å². The Labute approximate surface area is 74.3 Å². The molecule has 0 aromatic rings. The number of carbonyl (C=O) groups excluding carboxylic acids is 1. The number of hydrogen-bond acceptors (Lipinski definition) is 2. The first kappa shape index (κ1) is 11.4. The van der Waals surface area contributed by atoms with E-state index < -0.39 is 0 Å². The van der Waals surface area contributed by atoms with Gasteiger partial charge < -0.3 is 5.11 Å². The van der Waals surface area contributed by atoms with Crippen LogP contribution < -0.4 is 0 Å². The van der Waals surface area contributed by atoms with E-state index in [0.717, 1.165) is 13.5 Å². The van der Waals surface area contributed by atoms with Crippen LogP contribution in [0.2, 0.25) is 0 Å². The lowest BCUT2D eigenvalue weighted by Gasteiger charge is -2.27. The Bertz CT molecular complexity index is 190. The molecule has 0 fully saturated rings. The second-order valence-corrected chi connectivity index (χ2v) is 3.97. The Hall–Kier alpha value is -0.630. The molecular weight excluding hydrogens is 152 g/mol. The molecule has 1 aliphatic carbocycles. The lowest BCUT2D eigenvalue weighted by Crippen LogP contribution is -2.20. The second kappa shape index (κ2) is 4.41. The molecule has 0 radical (unpaired) electrons. The summed E-state index contributed by atoms with van der Waals surface area (Å²) >= 11 is 0. The molecule has 0 spiro atoms. The van der Waals surface area contributed by atoms with Gasteiger partial charge in [0.05, 0.1) is 0 Å². The van der Waals surface area contributed by atoms with Crippen molar-refractivity contribution in [2.45, 2.75) is 33.6 Å². The molecule has 0 unspecified atom stereocenters. The zero-order valence-corrected chi connectivity index (χ0v) is 8.35. The van der Waals surface area contributed by atoms with Crippen LogP contribution in [0.3, 0.4) is 0 Å². The van der Waals surface area contributed by atoms with Crippen LogP contribution in [0, 0.1) is 5.41 Å². The van der Waals surface area contributed by atoms with Crippen LogP contribution in [-0.4, -0.2) is 18.0 Å². The highest BCUT2D eigenvalue weighted by Crippen LogP contribution is 2.32. The zero-order chi connectivity index (χ0) is 9.78. The number of hydrogen-bond donors (Lipinski definition) is 1. The molecule has 0 atom stereocenters. The minimum atomic E-state index is 0.204. The van der Waals surface area contributed by atoms with Gasteiger partial charge in [0.2, 0.25) is 0 Å². The van der Waals surface area contributed by atoms with Gasteiger partial charge in [0, 0.05) is 13.5 Å². The minimum Gasteiger partial charge on any atom is -0.400 e. The van der Waals surface area contributed by atoms with Gasteiger partial charge in [-0.1, -0.05) is 19.4 Å². The maximum absolute atomic E-state index is 11.0. The topological polar surface area (TPSA) is 37.3 Å². The summed E-state index contributed by atoms with van der Waals surface area (Å²) in [5, 5.41) is 7.00. The van der Waals surface area contributed by atoms with Gasteiger partial charge in [0.15, 0.2) is 5.78 Å². The van der Waals surface area contributed by atoms with E-state index in [4.69, 9.17) is 5.11 Å². The van der Waals surface area contributed by atoms with E-state index in [2.05, 4.69) is 13.8 Å². The van der Waals surface area contributed by atoms with Crippen molar-refractivity contribution in [3.63, 3.8) is 0 Å². The van der Waals surface area contributed by atoms with Crippen molar-refractivity contribution < 1.29 is 9.90 Å². The van der Waals surface area contributed by atoms with E-state index in [0.29, 0.717) is 6.42 Å². The molecule has 2 heteroatoms. The third-order valence-corrected chi connectivity index (χ3v) is 1.82. The number of ketones is 1. The summed E-state index contributed by atoms with van der Waals surface area (Å²) in [5.74, 6) is 0.286. The maximum Gasteiger partial charge on any atom is 0.156 e. The normalized spacial score (nSPS) is 20.8. The van der Waals surface area contributed by atoms with Gasteiger partial charge in [0.25, 0.3) is 0 Å². The summed E-state index contributed by atoms with van der Waals surface area (Å²) in [5.41, 5.74) is 1.43. The molecule has 2 nitrogen and oxygen atoms in total. The zero-order valence-electron chi connectivity index (χ0n) is 8.35. The Morgan fingerprint density at radius 1 is 1.33 bits per heavy atom. The molecular formula is C10H18O2. The van der Waals surface area contributed by atoms with Crippen molar-refractivity contribution in [1.82, 2.24) is 0 Å². The van der Waals surface area contributed by atoms with Gasteiger partial charge in [0.1, 0.15) is 0 Å². The predicted molar refractivity (Wildman–Crippen MR) is 49.9 cm³/mol. The van der Waals surface area contributed by atoms with E-state index in [9.17, 15) is 4.79 Å². The average Bonchev–Trinajstić information content (AvgIpc) is 1.85. The van der Waals surface area contributed by atoms with Gasteiger partial charge in [-0.15, -0.1) is 0 Å². The summed E-state index contributed by atoms with van der Waals surface area (Å²) in [7, 11) is 1.00. The molecule has 0 amide bonds. The summed E-state index contributed by atoms with van der Waals surface area (Å²) in [6.07, 6.45) is 3.55.